The molecule has 2 heterocycles. The highest BCUT2D eigenvalue weighted by atomic mass is 16.6. The van der Waals surface area contributed by atoms with Crippen LogP contribution >= 0.6 is 0 Å². The first kappa shape index (κ1) is 25.9. The van der Waals surface area contributed by atoms with Crippen LogP contribution in [0.1, 0.15) is 0 Å². The molecule has 0 aliphatic carbocycles. The van der Waals surface area contributed by atoms with Crippen molar-refractivity contribution < 1.29 is 47.4 Å². The van der Waals surface area contributed by atoms with E-state index in [-0.39, 0.29) is 0 Å². The molecular weight excluding hydrogens is 400 g/mol. The molecule has 0 spiro atoms. The van der Waals surface area contributed by atoms with Crippen molar-refractivity contribution in [3.05, 3.63) is 0 Å². The van der Waals surface area contributed by atoms with Crippen molar-refractivity contribution in [1.29, 1.82) is 0 Å². The standard InChI is InChI=1S/C20H38O10/c1(21-3-5-23-7-9-25-11-13-27-15-19-17-29-19)2-22-4-6-24-8-10-26-12-14-28-16-20-18-30-20/h19-20H,1-18H2. The van der Waals surface area contributed by atoms with E-state index in [1.54, 1.807) is 0 Å². The number of hydrogen-bond acceptors (Lipinski definition) is 10. The Morgan fingerprint density at radius 3 is 0.767 bits per heavy atom. The second-order valence-electron chi connectivity index (χ2n) is 6.73. The highest BCUT2D eigenvalue weighted by Gasteiger charge is 2.22. The maximum Gasteiger partial charge on any atom is 0.104 e. The molecule has 30 heavy (non-hydrogen) atoms. The lowest BCUT2D eigenvalue weighted by molar-refractivity contribution is -0.0236. The van der Waals surface area contributed by atoms with Crippen LogP contribution in [0.4, 0.5) is 0 Å². The smallest absolute Gasteiger partial charge is 0.104 e. The zero-order valence-corrected chi connectivity index (χ0v) is 18.0. The average Bonchev–Trinajstić information content (AvgIpc) is 3.66. The molecule has 0 bridgehead atoms. The van der Waals surface area contributed by atoms with Crippen molar-refractivity contribution in [1.82, 2.24) is 0 Å². The fourth-order valence-corrected chi connectivity index (χ4v) is 2.20. The van der Waals surface area contributed by atoms with E-state index in [0.717, 1.165) is 13.2 Å². The van der Waals surface area contributed by atoms with Crippen LogP contribution in [0.15, 0.2) is 0 Å². The molecule has 0 radical (unpaired) electrons. The summed E-state index contributed by atoms with van der Waals surface area (Å²) in [7, 11) is 0. The summed E-state index contributed by atoms with van der Waals surface area (Å²) < 4.78 is 53.3. The monoisotopic (exact) mass is 438 g/mol. The minimum absolute atomic E-state index is 0.306. The van der Waals surface area contributed by atoms with Gasteiger partial charge in [-0.2, -0.15) is 0 Å². The van der Waals surface area contributed by atoms with Gasteiger partial charge in [-0.15, -0.1) is 0 Å². The molecule has 2 rings (SSSR count). The van der Waals surface area contributed by atoms with Crippen LogP contribution in [-0.2, 0) is 47.4 Å². The molecule has 0 aromatic heterocycles. The SMILES string of the molecule is C(COCCOCCOCCOCC1CO1)OCCOCCOCCOCC1CO1. The number of hydrogen-bond donors (Lipinski definition) is 0. The predicted molar refractivity (Wildman–Crippen MR) is 106 cm³/mol. The molecule has 2 aliphatic heterocycles. The zero-order valence-electron chi connectivity index (χ0n) is 18.0. The summed E-state index contributed by atoms with van der Waals surface area (Å²) in [6.45, 7) is 10.8. The Morgan fingerprint density at radius 2 is 0.567 bits per heavy atom. The van der Waals surface area contributed by atoms with Crippen molar-refractivity contribution >= 4 is 0 Å². The molecule has 0 amide bonds. The average molecular weight is 439 g/mol. The molecule has 10 heteroatoms. The lowest BCUT2D eigenvalue weighted by Crippen LogP contribution is -2.15. The third-order valence-corrected chi connectivity index (χ3v) is 4.02. The minimum Gasteiger partial charge on any atom is -0.377 e. The maximum atomic E-state index is 5.43. The van der Waals surface area contributed by atoms with Gasteiger partial charge in [-0.3, -0.25) is 0 Å². The second kappa shape index (κ2) is 19.3. The second-order valence-corrected chi connectivity index (χ2v) is 6.73. The number of epoxide rings is 2. The summed E-state index contributed by atoms with van der Waals surface area (Å²) in [5.41, 5.74) is 0. The summed E-state index contributed by atoms with van der Waals surface area (Å²) in [4.78, 5) is 0. The molecule has 2 saturated heterocycles. The van der Waals surface area contributed by atoms with Gasteiger partial charge in [0.05, 0.1) is 119 Å². The molecular formula is C20H38O10. The maximum absolute atomic E-state index is 5.43. The molecule has 0 saturated carbocycles. The fourth-order valence-electron chi connectivity index (χ4n) is 2.20. The minimum atomic E-state index is 0.306. The number of ether oxygens (including phenoxy) is 10. The summed E-state index contributed by atoms with van der Waals surface area (Å²) >= 11 is 0. The molecule has 0 aromatic rings. The third-order valence-electron chi connectivity index (χ3n) is 4.02. The normalized spacial score (nSPS) is 20.0. The largest absolute Gasteiger partial charge is 0.377 e. The van der Waals surface area contributed by atoms with Gasteiger partial charge in [0.15, 0.2) is 0 Å². The van der Waals surface area contributed by atoms with Crippen molar-refractivity contribution in [2.75, 3.05) is 119 Å². The van der Waals surface area contributed by atoms with Gasteiger partial charge in [-0.25, -0.2) is 0 Å². The van der Waals surface area contributed by atoms with Crippen molar-refractivity contribution in [3.63, 3.8) is 0 Å². The Bertz CT molecular complexity index is 331. The summed E-state index contributed by atoms with van der Waals surface area (Å²) in [5.74, 6) is 0. The van der Waals surface area contributed by atoms with E-state index in [9.17, 15) is 0 Å². The molecule has 2 atom stereocenters. The molecule has 0 aromatic carbocycles. The van der Waals surface area contributed by atoms with E-state index >= 15 is 0 Å². The predicted octanol–water partition coefficient (Wildman–Crippen LogP) is -0.0832. The fraction of sp³-hybridized carbons (Fsp3) is 1.00. The Morgan fingerprint density at radius 1 is 0.367 bits per heavy atom. The molecule has 2 aliphatic rings. The lowest BCUT2D eigenvalue weighted by atomic mass is 10.5. The van der Waals surface area contributed by atoms with Crippen LogP contribution in [0.3, 0.4) is 0 Å². The Balaban J connectivity index is 1.12. The van der Waals surface area contributed by atoms with E-state index in [1.165, 1.54) is 0 Å². The van der Waals surface area contributed by atoms with Crippen molar-refractivity contribution in [2.24, 2.45) is 0 Å². The van der Waals surface area contributed by atoms with Crippen LogP contribution in [0, 0.1) is 0 Å². The van der Waals surface area contributed by atoms with Crippen molar-refractivity contribution in [2.45, 2.75) is 12.2 Å². The highest BCUT2D eigenvalue weighted by molar-refractivity contribution is 4.67. The summed E-state index contributed by atoms with van der Waals surface area (Å²) in [5, 5.41) is 0. The molecule has 0 N–H and O–H groups in total. The van der Waals surface area contributed by atoms with Crippen LogP contribution in [0.25, 0.3) is 0 Å². The van der Waals surface area contributed by atoms with Gasteiger partial charge >= 0.3 is 0 Å². The Labute approximate surface area is 179 Å². The van der Waals surface area contributed by atoms with Gasteiger partial charge in [0, 0.05) is 0 Å². The van der Waals surface area contributed by atoms with E-state index in [0.29, 0.717) is 118 Å². The van der Waals surface area contributed by atoms with E-state index in [2.05, 4.69) is 0 Å². The topological polar surface area (TPSA) is 98.9 Å². The highest BCUT2D eigenvalue weighted by Crippen LogP contribution is 2.08. The lowest BCUT2D eigenvalue weighted by Gasteiger charge is -2.08. The van der Waals surface area contributed by atoms with Gasteiger partial charge in [0.1, 0.15) is 12.2 Å². The zero-order chi connectivity index (χ0) is 21.0. The summed E-state index contributed by atoms with van der Waals surface area (Å²) in [6, 6.07) is 0. The van der Waals surface area contributed by atoms with E-state index < -0.39 is 0 Å². The summed E-state index contributed by atoms with van der Waals surface area (Å²) in [6.07, 6.45) is 0.613. The first-order valence-corrected chi connectivity index (χ1v) is 10.8. The third kappa shape index (κ3) is 18.4. The van der Waals surface area contributed by atoms with Crippen LogP contribution < -0.4 is 0 Å². The van der Waals surface area contributed by atoms with Crippen molar-refractivity contribution in [3.8, 4) is 0 Å². The van der Waals surface area contributed by atoms with E-state index in [1.807, 2.05) is 0 Å². The van der Waals surface area contributed by atoms with Gasteiger partial charge in [0.25, 0.3) is 0 Å². The Kier molecular flexibility index (Phi) is 16.6. The first-order chi connectivity index (χ1) is 14.9. The quantitative estimate of drug-likeness (QED) is 0.142. The van der Waals surface area contributed by atoms with Gasteiger partial charge in [0.2, 0.25) is 0 Å². The van der Waals surface area contributed by atoms with Gasteiger partial charge < -0.3 is 47.4 Å². The molecule has 10 nitrogen and oxygen atoms in total. The van der Waals surface area contributed by atoms with Crippen LogP contribution in [-0.4, -0.2) is 131 Å². The van der Waals surface area contributed by atoms with Crippen LogP contribution in [0.5, 0.6) is 0 Å². The molecule has 2 unspecified atom stereocenters. The van der Waals surface area contributed by atoms with Gasteiger partial charge in [-0.1, -0.05) is 0 Å². The first-order valence-electron chi connectivity index (χ1n) is 10.8. The molecule has 2 fully saturated rings. The van der Waals surface area contributed by atoms with E-state index in [4.69, 9.17) is 47.4 Å². The van der Waals surface area contributed by atoms with Crippen LogP contribution in [0.2, 0.25) is 0 Å². The Hall–Kier alpha value is -0.400. The number of rotatable bonds is 25. The molecule has 178 valence electrons. The van der Waals surface area contributed by atoms with Gasteiger partial charge in [-0.05, 0) is 0 Å².